The largest absolute Gasteiger partial charge is 0.350 e. The summed E-state index contributed by atoms with van der Waals surface area (Å²) in [7, 11) is 0. The molecule has 134 valence electrons. The first kappa shape index (κ1) is 16.2. The van der Waals surface area contributed by atoms with Crippen LogP contribution in [0.4, 0.5) is 0 Å². The van der Waals surface area contributed by atoms with Crippen LogP contribution in [0.25, 0.3) is 27.3 Å². The highest BCUT2D eigenvalue weighted by Gasteiger charge is 2.10. The van der Waals surface area contributed by atoms with E-state index in [1.54, 1.807) is 23.5 Å². The first-order chi connectivity index (χ1) is 13.3. The molecule has 1 N–H and O–H groups in total. The van der Waals surface area contributed by atoms with Gasteiger partial charge in [-0.05, 0) is 29.6 Å². The number of nitrogens with one attached hydrogen (secondary N) is 1. The van der Waals surface area contributed by atoms with E-state index in [1.807, 2.05) is 34.4 Å². The lowest BCUT2D eigenvalue weighted by atomic mass is 10.2. The Morgan fingerprint density at radius 3 is 2.93 bits per heavy atom. The number of imidazole rings is 1. The van der Waals surface area contributed by atoms with Crippen LogP contribution < -0.4 is 5.32 Å². The molecule has 7 nitrogen and oxygen atoms in total. The van der Waals surface area contributed by atoms with Gasteiger partial charge in [-0.2, -0.15) is 13.8 Å². The number of nitrogens with zero attached hydrogens (tertiary/aromatic N) is 5. The number of rotatable bonds is 5. The van der Waals surface area contributed by atoms with Crippen molar-refractivity contribution in [3.8, 4) is 10.6 Å². The smallest absolute Gasteiger partial charge is 0.251 e. The Hall–Kier alpha value is -3.04. The molecule has 5 rings (SSSR count). The van der Waals surface area contributed by atoms with Crippen molar-refractivity contribution in [3.63, 3.8) is 0 Å². The predicted octanol–water partition coefficient (Wildman–Crippen LogP) is 3.30. The number of hydrogen-bond donors (Lipinski definition) is 1. The number of benzene rings is 1. The number of thiophene rings is 1. The average molecular weight is 394 g/mol. The minimum Gasteiger partial charge on any atom is -0.350 e. The molecule has 0 atom stereocenters. The minimum atomic E-state index is -0.110. The van der Waals surface area contributed by atoms with Crippen LogP contribution in [0.2, 0.25) is 0 Å². The van der Waals surface area contributed by atoms with Crippen molar-refractivity contribution in [1.82, 2.24) is 28.2 Å². The number of amides is 1. The number of fused-ring (bicyclic) bond motifs is 2. The van der Waals surface area contributed by atoms with E-state index in [2.05, 4.69) is 35.9 Å². The molecule has 9 heteroatoms. The van der Waals surface area contributed by atoms with Crippen LogP contribution in [-0.2, 0) is 6.54 Å². The van der Waals surface area contributed by atoms with Crippen LogP contribution in [0.15, 0.2) is 54.2 Å². The molecule has 1 aromatic carbocycles. The van der Waals surface area contributed by atoms with Crippen LogP contribution in [-0.4, -0.2) is 35.4 Å². The molecule has 5 aromatic rings. The molecular weight excluding hydrogens is 380 g/mol. The molecule has 0 radical (unpaired) electrons. The summed E-state index contributed by atoms with van der Waals surface area (Å²) in [6, 6.07) is 11.5. The first-order valence-electron chi connectivity index (χ1n) is 8.37. The third-order valence-corrected chi connectivity index (χ3v) is 5.78. The summed E-state index contributed by atoms with van der Waals surface area (Å²) in [4.78, 5) is 13.5. The van der Waals surface area contributed by atoms with Crippen LogP contribution in [0.1, 0.15) is 10.4 Å². The fraction of sp³-hybridized carbons (Fsp3) is 0.111. The molecule has 0 spiro atoms. The van der Waals surface area contributed by atoms with Gasteiger partial charge in [0.15, 0.2) is 0 Å². The maximum atomic E-state index is 12.4. The van der Waals surface area contributed by atoms with Gasteiger partial charge in [0.05, 0.1) is 16.6 Å². The Morgan fingerprint density at radius 2 is 2.04 bits per heavy atom. The zero-order valence-electron chi connectivity index (χ0n) is 14.1. The Labute approximate surface area is 162 Å². The van der Waals surface area contributed by atoms with Gasteiger partial charge in [0.25, 0.3) is 5.91 Å². The molecule has 0 aliphatic rings. The quantitative estimate of drug-likeness (QED) is 0.496. The monoisotopic (exact) mass is 394 g/mol. The molecule has 4 heterocycles. The highest BCUT2D eigenvalue weighted by Crippen LogP contribution is 2.24. The average Bonchev–Trinajstić information content (AvgIpc) is 3.44. The van der Waals surface area contributed by atoms with Crippen LogP contribution in [0, 0.1) is 0 Å². The van der Waals surface area contributed by atoms with E-state index in [4.69, 9.17) is 0 Å². The Bertz CT molecular complexity index is 1230. The normalized spacial score (nSPS) is 11.4. The van der Waals surface area contributed by atoms with E-state index in [1.165, 1.54) is 0 Å². The lowest BCUT2D eigenvalue weighted by Crippen LogP contribution is -2.27. The molecule has 0 aliphatic carbocycles. The van der Waals surface area contributed by atoms with E-state index >= 15 is 0 Å². The fourth-order valence-electron chi connectivity index (χ4n) is 2.98. The van der Waals surface area contributed by atoms with Crippen molar-refractivity contribution in [3.05, 3.63) is 59.7 Å². The highest BCUT2D eigenvalue weighted by molar-refractivity contribution is 7.13. The number of hydrogen-bond acceptors (Lipinski definition) is 6. The molecule has 0 saturated heterocycles. The lowest BCUT2D eigenvalue weighted by Gasteiger charge is -2.06. The maximum absolute atomic E-state index is 12.4. The lowest BCUT2D eigenvalue weighted by molar-refractivity contribution is 0.0952. The fourth-order valence-corrected chi connectivity index (χ4v) is 4.18. The van der Waals surface area contributed by atoms with Gasteiger partial charge in [0.2, 0.25) is 0 Å². The van der Waals surface area contributed by atoms with E-state index < -0.39 is 0 Å². The first-order valence-corrected chi connectivity index (χ1v) is 9.98. The molecule has 1 amide bonds. The summed E-state index contributed by atoms with van der Waals surface area (Å²) < 4.78 is 12.3. The van der Waals surface area contributed by atoms with E-state index in [9.17, 15) is 4.79 Å². The van der Waals surface area contributed by atoms with Gasteiger partial charge in [-0.15, -0.1) is 11.3 Å². The minimum absolute atomic E-state index is 0.110. The summed E-state index contributed by atoms with van der Waals surface area (Å²) in [5.41, 5.74) is 4.12. The van der Waals surface area contributed by atoms with Gasteiger partial charge >= 0.3 is 0 Å². The second kappa shape index (κ2) is 6.60. The van der Waals surface area contributed by atoms with Gasteiger partial charge < -0.3 is 9.88 Å². The third-order valence-electron chi connectivity index (χ3n) is 4.33. The molecule has 0 fully saturated rings. The second-order valence-electron chi connectivity index (χ2n) is 6.02. The zero-order valence-corrected chi connectivity index (χ0v) is 15.7. The standard InChI is InChI=1S/C18H14N6OS2/c25-18(12-3-4-13-14(10-12)22-27-21-13)19-5-6-23-7-8-24-17(23)11-15(20-24)16-2-1-9-26-16/h1-4,7-11H,5-6H2,(H,19,25). The molecule has 4 aromatic heterocycles. The van der Waals surface area contributed by atoms with Crippen molar-refractivity contribution in [2.24, 2.45) is 0 Å². The molecule has 0 bridgehead atoms. The van der Waals surface area contributed by atoms with Gasteiger partial charge in [-0.25, -0.2) is 4.52 Å². The van der Waals surface area contributed by atoms with Crippen LogP contribution >= 0.6 is 23.1 Å². The van der Waals surface area contributed by atoms with Gasteiger partial charge in [-0.3, -0.25) is 4.79 Å². The van der Waals surface area contributed by atoms with Gasteiger partial charge in [0.1, 0.15) is 22.4 Å². The second-order valence-corrected chi connectivity index (χ2v) is 7.50. The summed E-state index contributed by atoms with van der Waals surface area (Å²) in [5.74, 6) is -0.110. The van der Waals surface area contributed by atoms with Crippen molar-refractivity contribution < 1.29 is 4.79 Å². The van der Waals surface area contributed by atoms with Gasteiger partial charge in [-0.1, -0.05) is 6.07 Å². The number of carbonyl (C=O) groups excluding carboxylic acids is 1. The summed E-state index contributed by atoms with van der Waals surface area (Å²) in [6.45, 7) is 1.19. The summed E-state index contributed by atoms with van der Waals surface area (Å²) in [5, 5.41) is 9.60. The molecule has 0 saturated carbocycles. The summed E-state index contributed by atoms with van der Waals surface area (Å²) in [6.07, 6.45) is 3.90. The summed E-state index contributed by atoms with van der Waals surface area (Å²) >= 11 is 2.82. The van der Waals surface area contributed by atoms with E-state index in [0.717, 1.165) is 39.0 Å². The predicted molar refractivity (Wildman–Crippen MR) is 106 cm³/mol. The van der Waals surface area contributed by atoms with Crippen molar-refractivity contribution in [1.29, 1.82) is 0 Å². The van der Waals surface area contributed by atoms with Crippen LogP contribution in [0.3, 0.4) is 0 Å². The highest BCUT2D eigenvalue weighted by atomic mass is 32.1. The van der Waals surface area contributed by atoms with Gasteiger partial charge in [0, 0.05) is 37.1 Å². The van der Waals surface area contributed by atoms with E-state index in [0.29, 0.717) is 18.7 Å². The van der Waals surface area contributed by atoms with Crippen molar-refractivity contribution in [2.45, 2.75) is 6.54 Å². The third kappa shape index (κ3) is 3.00. The Kier molecular flexibility index (Phi) is 3.95. The zero-order chi connectivity index (χ0) is 18.2. The molecule has 27 heavy (non-hydrogen) atoms. The SMILES string of the molecule is O=C(NCCn1ccn2nc(-c3cccs3)cc12)c1ccc2nsnc2c1. The number of aromatic nitrogens is 5. The maximum Gasteiger partial charge on any atom is 0.251 e. The Balaban J connectivity index is 1.27. The molecular formula is C18H14N6OS2. The topological polar surface area (TPSA) is 77.1 Å². The Morgan fingerprint density at radius 1 is 1.11 bits per heavy atom. The molecule has 0 unspecified atom stereocenters. The number of carbonyl (C=O) groups is 1. The van der Waals surface area contributed by atoms with Crippen LogP contribution in [0.5, 0.6) is 0 Å². The van der Waals surface area contributed by atoms with E-state index in [-0.39, 0.29) is 5.91 Å². The molecule has 0 aliphatic heterocycles. The van der Waals surface area contributed by atoms with Crippen molar-refractivity contribution in [2.75, 3.05) is 6.54 Å². The van der Waals surface area contributed by atoms with Crippen molar-refractivity contribution >= 4 is 45.7 Å².